The van der Waals surface area contributed by atoms with Gasteiger partial charge in [0.1, 0.15) is 5.92 Å². The number of aliphatic hydroxyl groups is 1. The molecule has 0 amide bonds. The van der Waals surface area contributed by atoms with E-state index in [1.165, 1.54) is 0 Å². The zero-order valence-electron chi connectivity index (χ0n) is 13.5. The van der Waals surface area contributed by atoms with Gasteiger partial charge in [-0.05, 0) is 40.0 Å². The van der Waals surface area contributed by atoms with E-state index in [0.717, 1.165) is 6.42 Å². The fourth-order valence-corrected chi connectivity index (χ4v) is 2.33. The van der Waals surface area contributed by atoms with Crippen LogP contribution in [-0.2, 0) is 19.0 Å². The maximum Gasteiger partial charge on any atom is 0.315 e. The van der Waals surface area contributed by atoms with Crippen LogP contribution in [-0.4, -0.2) is 42.3 Å². The highest BCUT2D eigenvalue weighted by Crippen LogP contribution is 2.26. The van der Waals surface area contributed by atoms with Crippen LogP contribution < -0.4 is 0 Å². The molecule has 1 saturated heterocycles. The molecule has 21 heavy (non-hydrogen) atoms. The molecule has 122 valence electrons. The first-order chi connectivity index (χ1) is 9.89. The number of aliphatic hydroxyl groups excluding tert-OH is 1. The lowest BCUT2D eigenvalue weighted by atomic mass is 9.96. The van der Waals surface area contributed by atoms with Crippen molar-refractivity contribution < 1.29 is 24.1 Å². The minimum Gasteiger partial charge on any atom is -0.465 e. The maximum atomic E-state index is 11.9. The largest absolute Gasteiger partial charge is 0.465 e. The third kappa shape index (κ3) is 6.16. The number of ether oxygens (including phenoxy) is 3. The van der Waals surface area contributed by atoms with E-state index in [9.17, 15) is 9.90 Å². The minimum absolute atomic E-state index is 0.0346. The van der Waals surface area contributed by atoms with Crippen LogP contribution in [0.5, 0.6) is 0 Å². The number of allylic oxidation sites excluding steroid dienone is 1. The molecule has 5 heteroatoms. The summed E-state index contributed by atoms with van der Waals surface area (Å²) in [5, 5.41) is 10.3. The number of hydrogen-bond donors (Lipinski definition) is 1. The van der Waals surface area contributed by atoms with E-state index in [0.29, 0.717) is 26.1 Å². The van der Waals surface area contributed by atoms with Crippen LogP contribution in [0, 0.1) is 5.92 Å². The normalized spacial score (nSPS) is 24.1. The summed E-state index contributed by atoms with van der Waals surface area (Å²) < 4.78 is 16.2. The van der Waals surface area contributed by atoms with Crippen LogP contribution in [0.4, 0.5) is 0 Å². The smallest absolute Gasteiger partial charge is 0.315 e. The summed E-state index contributed by atoms with van der Waals surface area (Å²) in [5.41, 5.74) is 0. The van der Waals surface area contributed by atoms with Crippen molar-refractivity contribution in [2.75, 3.05) is 13.2 Å². The fraction of sp³-hybridized carbons (Fsp3) is 0.812. The molecule has 1 rings (SSSR count). The Balaban J connectivity index is 2.50. The Kier molecular flexibility index (Phi) is 7.35. The average molecular weight is 300 g/mol. The molecule has 0 aliphatic carbocycles. The van der Waals surface area contributed by atoms with Gasteiger partial charge in [-0.3, -0.25) is 4.79 Å². The lowest BCUT2D eigenvalue weighted by Crippen LogP contribution is -2.30. The zero-order valence-corrected chi connectivity index (χ0v) is 13.5. The molecule has 0 radical (unpaired) electrons. The fourth-order valence-electron chi connectivity index (χ4n) is 2.33. The Morgan fingerprint density at radius 3 is 2.71 bits per heavy atom. The maximum absolute atomic E-state index is 11.9. The number of carbonyl (C=O) groups is 1. The Hall–Kier alpha value is -0.910. The summed E-state index contributed by atoms with van der Waals surface area (Å²) >= 11 is 0. The highest BCUT2D eigenvalue weighted by Gasteiger charge is 2.34. The second-order valence-electron chi connectivity index (χ2n) is 5.71. The Labute approximate surface area is 127 Å². The molecule has 0 bridgehead atoms. The van der Waals surface area contributed by atoms with Gasteiger partial charge in [0.2, 0.25) is 0 Å². The van der Waals surface area contributed by atoms with Crippen LogP contribution in [0.15, 0.2) is 12.2 Å². The Bertz CT molecular complexity index is 351. The SMILES string of the molecule is CC/C=C/[C@@H](C(=O)OCC)[C@H](O)CCC1COC(C)(C)O1. The molecule has 0 aromatic carbocycles. The van der Waals surface area contributed by atoms with Crippen LogP contribution in [0.2, 0.25) is 0 Å². The Morgan fingerprint density at radius 1 is 1.48 bits per heavy atom. The van der Waals surface area contributed by atoms with Gasteiger partial charge in [-0.25, -0.2) is 0 Å². The molecule has 0 saturated carbocycles. The second-order valence-corrected chi connectivity index (χ2v) is 5.71. The van der Waals surface area contributed by atoms with Crippen molar-refractivity contribution >= 4 is 5.97 Å². The van der Waals surface area contributed by atoms with Crippen LogP contribution in [0.25, 0.3) is 0 Å². The van der Waals surface area contributed by atoms with E-state index in [1.807, 2.05) is 26.8 Å². The first-order valence-electron chi connectivity index (χ1n) is 7.72. The highest BCUT2D eigenvalue weighted by atomic mass is 16.7. The van der Waals surface area contributed by atoms with Gasteiger partial charge in [-0.15, -0.1) is 0 Å². The summed E-state index contributed by atoms with van der Waals surface area (Å²) in [6.45, 7) is 8.32. The zero-order chi connectivity index (χ0) is 15.9. The van der Waals surface area contributed by atoms with Crippen molar-refractivity contribution in [2.24, 2.45) is 5.92 Å². The standard InChI is InChI=1S/C16H28O5/c1-5-7-8-13(15(18)19-6-2)14(17)10-9-12-11-20-16(3,4)21-12/h7-8,12-14,17H,5-6,9-11H2,1-4H3/b8-7+/t12?,13-,14-/m1/s1. The molecule has 0 aromatic rings. The van der Waals surface area contributed by atoms with E-state index in [-0.39, 0.29) is 12.1 Å². The van der Waals surface area contributed by atoms with Gasteiger partial charge >= 0.3 is 5.97 Å². The van der Waals surface area contributed by atoms with E-state index in [2.05, 4.69) is 0 Å². The van der Waals surface area contributed by atoms with Crippen molar-refractivity contribution in [3.05, 3.63) is 12.2 Å². The number of carbonyl (C=O) groups excluding carboxylic acids is 1. The summed E-state index contributed by atoms with van der Waals surface area (Å²) in [6, 6.07) is 0. The molecule has 1 unspecified atom stereocenters. The second kappa shape index (κ2) is 8.51. The third-order valence-corrected chi connectivity index (χ3v) is 3.40. The van der Waals surface area contributed by atoms with Gasteiger partial charge in [0, 0.05) is 0 Å². The van der Waals surface area contributed by atoms with Crippen LogP contribution >= 0.6 is 0 Å². The average Bonchev–Trinajstić information content (AvgIpc) is 2.76. The monoisotopic (exact) mass is 300 g/mol. The molecule has 3 atom stereocenters. The highest BCUT2D eigenvalue weighted by molar-refractivity contribution is 5.75. The Morgan fingerprint density at radius 2 is 2.19 bits per heavy atom. The first kappa shape index (κ1) is 18.1. The van der Waals surface area contributed by atoms with Gasteiger partial charge in [0.15, 0.2) is 5.79 Å². The van der Waals surface area contributed by atoms with Crippen LogP contribution in [0.3, 0.4) is 0 Å². The molecule has 0 spiro atoms. The summed E-state index contributed by atoms with van der Waals surface area (Å²) in [5.74, 6) is -1.54. The topological polar surface area (TPSA) is 65.0 Å². The van der Waals surface area contributed by atoms with Crippen LogP contribution in [0.1, 0.15) is 47.0 Å². The molecule has 0 aromatic heterocycles. The van der Waals surface area contributed by atoms with E-state index in [4.69, 9.17) is 14.2 Å². The quantitative estimate of drug-likeness (QED) is 0.551. The minimum atomic E-state index is -0.765. The molecule has 1 fully saturated rings. The number of esters is 1. The van der Waals surface area contributed by atoms with E-state index >= 15 is 0 Å². The molecule has 1 aliphatic heterocycles. The van der Waals surface area contributed by atoms with Gasteiger partial charge in [-0.1, -0.05) is 19.1 Å². The van der Waals surface area contributed by atoms with Crippen molar-refractivity contribution in [3.63, 3.8) is 0 Å². The molecule has 1 heterocycles. The third-order valence-electron chi connectivity index (χ3n) is 3.40. The molecular weight excluding hydrogens is 272 g/mol. The lowest BCUT2D eigenvalue weighted by Gasteiger charge is -2.20. The summed E-state index contributed by atoms with van der Waals surface area (Å²) in [4.78, 5) is 11.9. The van der Waals surface area contributed by atoms with Crippen molar-refractivity contribution in [3.8, 4) is 0 Å². The summed E-state index contributed by atoms with van der Waals surface area (Å²) in [6.07, 6.45) is 4.76. The predicted octanol–water partition coefficient (Wildman–Crippen LogP) is 2.42. The van der Waals surface area contributed by atoms with Gasteiger partial charge < -0.3 is 19.3 Å². The lowest BCUT2D eigenvalue weighted by molar-refractivity contribution is -0.150. The molecule has 5 nitrogen and oxygen atoms in total. The van der Waals surface area contributed by atoms with Gasteiger partial charge in [0.25, 0.3) is 0 Å². The predicted molar refractivity (Wildman–Crippen MR) is 79.7 cm³/mol. The molecule has 1 N–H and O–H groups in total. The van der Waals surface area contributed by atoms with Crippen molar-refractivity contribution in [2.45, 2.75) is 65.0 Å². The number of rotatable bonds is 8. The van der Waals surface area contributed by atoms with E-state index in [1.54, 1.807) is 13.0 Å². The molecule has 1 aliphatic rings. The number of hydrogen-bond acceptors (Lipinski definition) is 5. The van der Waals surface area contributed by atoms with Crippen molar-refractivity contribution in [1.29, 1.82) is 0 Å². The van der Waals surface area contributed by atoms with Crippen molar-refractivity contribution in [1.82, 2.24) is 0 Å². The van der Waals surface area contributed by atoms with Gasteiger partial charge in [-0.2, -0.15) is 0 Å². The van der Waals surface area contributed by atoms with Gasteiger partial charge in [0.05, 0.1) is 25.4 Å². The molecular formula is C16H28O5. The van der Waals surface area contributed by atoms with E-state index < -0.39 is 17.8 Å². The summed E-state index contributed by atoms with van der Waals surface area (Å²) in [7, 11) is 0. The first-order valence-corrected chi connectivity index (χ1v) is 7.72.